The van der Waals surface area contributed by atoms with Crippen LogP contribution in [-0.2, 0) is 0 Å². The minimum atomic E-state index is 0.677. The standard InChI is InChI=1S/C28H29N9O/c1-35(21-7-9-22(38-2)10-8-21)28-19-30-18-24(33-28)23-15-25-20(16-31-23)17-32-37(25)27-6-3-5-26(34-27)36-13-4-11-29-12-14-36/h3,5-10,15-19,29H,4,11-14H2,1-2H3. The molecule has 0 radical (unpaired) electrons. The molecule has 10 nitrogen and oxygen atoms in total. The number of nitrogens with one attached hydrogen (secondary N) is 1. The SMILES string of the molecule is COc1ccc(N(C)c2cncc(-c3cc4c(cn3)cnn4-c3cccc(N4CCCNCC4)n3)n2)cc1. The zero-order valence-corrected chi connectivity index (χ0v) is 21.4. The zero-order valence-electron chi connectivity index (χ0n) is 21.4. The lowest BCUT2D eigenvalue weighted by Gasteiger charge is -2.21. The summed E-state index contributed by atoms with van der Waals surface area (Å²) in [4.78, 5) is 23.2. The van der Waals surface area contributed by atoms with Gasteiger partial charge in [0.25, 0.3) is 0 Å². The summed E-state index contributed by atoms with van der Waals surface area (Å²) in [6, 6.07) is 15.9. The van der Waals surface area contributed by atoms with Crippen molar-refractivity contribution in [3.05, 3.63) is 73.3 Å². The Bertz CT molecular complexity index is 1540. The number of aromatic nitrogens is 6. The van der Waals surface area contributed by atoms with Gasteiger partial charge in [-0.05, 0) is 55.4 Å². The number of benzene rings is 1. The molecule has 1 aliphatic heterocycles. The molecule has 1 N–H and O–H groups in total. The highest BCUT2D eigenvalue weighted by Gasteiger charge is 2.15. The molecule has 5 aromatic rings. The number of ether oxygens (including phenoxy) is 1. The van der Waals surface area contributed by atoms with E-state index in [2.05, 4.69) is 31.3 Å². The van der Waals surface area contributed by atoms with Crippen molar-refractivity contribution in [2.75, 3.05) is 50.1 Å². The minimum absolute atomic E-state index is 0.677. The van der Waals surface area contributed by atoms with E-state index in [1.807, 2.05) is 71.5 Å². The van der Waals surface area contributed by atoms with Crippen molar-refractivity contribution < 1.29 is 4.74 Å². The van der Waals surface area contributed by atoms with Crippen LogP contribution in [-0.4, -0.2) is 70.1 Å². The average Bonchev–Trinajstić information content (AvgIpc) is 3.21. The number of rotatable bonds is 6. The maximum Gasteiger partial charge on any atom is 0.156 e. The van der Waals surface area contributed by atoms with Gasteiger partial charge in [0.1, 0.15) is 17.3 Å². The van der Waals surface area contributed by atoms with Crippen molar-refractivity contribution in [3.63, 3.8) is 0 Å². The molecule has 1 aliphatic rings. The molecule has 0 bridgehead atoms. The Morgan fingerprint density at radius 3 is 2.63 bits per heavy atom. The molecule has 0 unspecified atom stereocenters. The van der Waals surface area contributed by atoms with E-state index in [1.54, 1.807) is 19.5 Å². The van der Waals surface area contributed by atoms with Gasteiger partial charge in [-0.25, -0.2) is 14.6 Å². The maximum atomic E-state index is 5.27. The first-order valence-electron chi connectivity index (χ1n) is 12.7. The third-order valence-electron chi connectivity index (χ3n) is 6.74. The number of hydrogen-bond acceptors (Lipinski definition) is 9. The molecule has 0 saturated carbocycles. The van der Waals surface area contributed by atoms with Gasteiger partial charge >= 0.3 is 0 Å². The smallest absolute Gasteiger partial charge is 0.156 e. The Hall–Kier alpha value is -4.57. The molecule has 0 spiro atoms. The average molecular weight is 508 g/mol. The van der Waals surface area contributed by atoms with Gasteiger partial charge in [-0.3, -0.25) is 9.97 Å². The highest BCUT2D eigenvalue weighted by Crippen LogP contribution is 2.27. The molecule has 0 aliphatic carbocycles. The van der Waals surface area contributed by atoms with E-state index in [9.17, 15) is 0 Å². The summed E-state index contributed by atoms with van der Waals surface area (Å²) >= 11 is 0. The number of methoxy groups -OCH3 is 1. The lowest BCUT2D eigenvalue weighted by molar-refractivity contribution is 0.415. The van der Waals surface area contributed by atoms with Crippen LogP contribution in [0.3, 0.4) is 0 Å². The van der Waals surface area contributed by atoms with Gasteiger partial charge in [0, 0.05) is 44.0 Å². The summed E-state index contributed by atoms with van der Waals surface area (Å²) < 4.78 is 7.13. The Morgan fingerprint density at radius 2 is 1.76 bits per heavy atom. The van der Waals surface area contributed by atoms with E-state index in [4.69, 9.17) is 14.7 Å². The number of anilines is 3. The summed E-state index contributed by atoms with van der Waals surface area (Å²) in [5.74, 6) is 3.25. The van der Waals surface area contributed by atoms with E-state index in [1.165, 1.54) is 0 Å². The Balaban J connectivity index is 1.32. The third-order valence-corrected chi connectivity index (χ3v) is 6.74. The van der Waals surface area contributed by atoms with Gasteiger partial charge in [-0.2, -0.15) is 5.10 Å². The van der Waals surface area contributed by atoms with Crippen molar-refractivity contribution >= 4 is 28.2 Å². The zero-order chi connectivity index (χ0) is 25.9. The van der Waals surface area contributed by atoms with Gasteiger partial charge in [0.15, 0.2) is 11.6 Å². The van der Waals surface area contributed by atoms with E-state index in [0.717, 1.165) is 66.6 Å². The van der Waals surface area contributed by atoms with E-state index >= 15 is 0 Å². The normalized spacial score (nSPS) is 13.9. The first kappa shape index (κ1) is 23.8. The predicted octanol–water partition coefficient (Wildman–Crippen LogP) is 3.85. The van der Waals surface area contributed by atoms with Crippen molar-refractivity contribution in [1.82, 2.24) is 35.0 Å². The summed E-state index contributed by atoms with van der Waals surface area (Å²) in [6.45, 7) is 3.91. The van der Waals surface area contributed by atoms with E-state index in [0.29, 0.717) is 17.2 Å². The molecule has 38 heavy (non-hydrogen) atoms. The Morgan fingerprint density at radius 1 is 0.895 bits per heavy atom. The molecule has 4 aromatic heterocycles. The summed E-state index contributed by atoms with van der Waals surface area (Å²) in [7, 11) is 3.62. The van der Waals surface area contributed by atoms with Gasteiger partial charge < -0.3 is 19.9 Å². The number of nitrogens with zero attached hydrogens (tertiary/aromatic N) is 8. The molecule has 5 heterocycles. The molecule has 1 fully saturated rings. The van der Waals surface area contributed by atoms with Crippen LogP contribution < -0.4 is 19.9 Å². The maximum absolute atomic E-state index is 5.27. The topological polar surface area (TPSA) is 97.1 Å². The molecule has 0 amide bonds. The predicted molar refractivity (Wildman–Crippen MR) is 148 cm³/mol. The molecule has 1 aromatic carbocycles. The minimum Gasteiger partial charge on any atom is -0.497 e. The van der Waals surface area contributed by atoms with Crippen molar-refractivity contribution in [3.8, 4) is 23.0 Å². The summed E-state index contributed by atoms with van der Waals surface area (Å²) in [6.07, 6.45) is 8.20. The van der Waals surface area contributed by atoms with Gasteiger partial charge in [-0.15, -0.1) is 0 Å². The third kappa shape index (κ3) is 4.73. The molecule has 1 saturated heterocycles. The van der Waals surface area contributed by atoms with Gasteiger partial charge in [-0.1, -0.05) is 6.07 Å². The van der Waals surface area contributed by atoms with Crippen LogP contribution in [0.2, 0.25) is 0 Å². The van der Waals surface area contributed by atoms with Crippen LogP contribution >= 0.6 is 0 Å². The van der Waals surface area contributed by atoms with Crippen LogP contribution in [0, 0.1) is 0 Å². The van der Waals surface area contributed by atoms with Crippen molar-refractivity contribution in [1.29, 1.82) is 0 Å². The van der Waals surface area contributed by atoms with Crippen LogP contribution in [0.1, 0.15) is 6.42 Å². The number of hydrogen-bond donors (Lipinski definition) is 1. The van der Waals surface area contributed by atoms with E-state index in [-0.39, 0.29) is 0 Å². The number of pyridine rings is 2. The molecule has 10 heteroatoms. The largest absolute Gasteiger partial charge is 0.497 e. The van der Waals surface area contributed by atoms with Gasteiger partial charge in [0.2, 0.25) is 0 Å². The Labute approximate surface area is 221 Å². The lowest BCUT2D eigenvalue weighted by atomic mass is 10.2. The van der Waals surface area contributed by atoms with Crippen LogP contribution in [0.25, 0.3) is 28.1 Å². The van der Waals surface area contributed by atoms with Crippen molar-refractivity contribution in [2.24, 2.45) is 0 Å². The summed E-state index contributed by atoms with van der Waals surface area (Å²) in [5.41, 5.74) is 3.28. The molecular weight excluding hydrogens is 478 g/mol. The highest BCUT2D eigenvalue weighted by molar-refractivity contribution is 5.82. The quantitative estimate of drug-likeness (QED) is 0.368. The summed E-state index contributed by atoms with van der Waals surface area (Å²) in [5, 5.41) is 9.01. The Kier molecular flexibility index (Phi) is 6.53. The second-order valence-electron chi connectivity index (χ2n) is 9.15. The molecule has 0 atom stereocenters. The first-order valence-corrected chi connectivity index (χ1v) is 12.7. The lowest BCUT2D eigenvalue weighted by Crippen LogP contribution is -2.28. The second kappa shape index (κ2) is 10.4. The number of fused-ring (bicyclic) bond motifs is 1. The van der Waals surface area contributed by atoms with Crippen LogP contribution in [0.15, 0.2) is 73.3 Å². The second-order valence-corrected chi connectivity index (χ2v) is 9.15. The fourth-order valence-electron chi connectivity index (χ4n) is 4.60. The van der Waals surface area contributed by atoms with E-state index < -0.39 is 0 Å². The fraction of sp³-hybridized carbons (Fsp3) is 0.250. The highest BCUT2D eigenvalue weighted by atomic mass is 16.5. The van der Waals surface area contributed by atoms with Crippen molar-refractivity contribution in [2.45, 2.75) is 6.42 Å². The van der Waals surface area contributed by atoms with Gasteiger partial charge in [0.05, 0.1) is 36.9 Å². The van der Waals surface area contributed by atoms with Crippen LogP contribution in [0.4, 0.5) is 17.3 Å². The first-order chi connectivity index (χ1) is 18.7. The fourth-order valence-corrected chi connectivity index (χ4v) is 4.60. The van der Waals surface area contributed by atoms with Crippen LogP contribution in [0.5, 0.6) is 5.75 Å². The molecule has 192 valence electrons. The molecular formula is C28H29N9O. The monoisotopic (exact) mass is 507 g/mol. The molecule has 6 rings (SSSR count).